The van der Waals surface area contributed by atoms with E-state index in [9.17, 15) is 18.0 Å². The maximum absolute atomic E-state index is 12.3. The number of aromatic nitrogens is 2. The van der Waals surface area contributed by atoms with Crippen molar-refractivity contribution in [2.24, 2.45) is 11.7 Å². The van der Waals surface area contributed by atoms with E-state index in [1.54, 1.807) is 0 Å². The van der Waals surface area contributed by atoms with Gasteiger partial charge in [-0.15, -0.1) is 0 Å². The van der Waals surface area contributed by atoms with Crippen molar-refractivity contribution in [1.29, 1.82) is 0 Å². The van der Waals surface area contributed by atoms with E-state index in [1.807, 2.05) is 0 Å². The predicted octanol–water partition coefficient (Wildman–Crippen LogP) is 1.82. The minimum Gasteiger partial charge on any atom is -0.427 e. The van der Waals surface area contributed by atoms with Crippen LogP contribution in [0, 0.1) is 5.92 Å². The molecule has 0 amide bonds. The van der Waals surface area contributed by atoms with E-state index in [0.717, 1.165) is 12.8 Å². The Hall–Kier alpha value is -1.64. The van der Waals surface area contributed by atoms with Crippen molar-refractivity contribution in [1.82, 2.24) is 10.1 Å². The Bertz CT molecular complexity index is 511. The van der Waals surface area contributed by atoms with Gasteiger partial charge in [0.25, 0.3) is 5.89 Å². The summed E-state index contributed by atoms with van der Waals surface area (Å²) in [6.45, 7) is 2.98. The molecule has 2 N–H and O–H groups in total. The monoisotopic (exact) mass is 293 g/mol. The maximum Gasteiger partial charge on any atom is 0.491 e. The van der Waals surface area contributed by atoms with Crippen LogP contribution in [-0.4, -0.2) is 22.3 Å². The second-order valence-corrected chi connectivity index (χ2v) is 5.07. The maximum atomic E-state index is 12.3. The van der Waals surface area contributed by atoms with Gasteiger partial charge in [0.05, 0.1) is 0 Å². The molecule has 20 heavy (non-hydrogen) atoms. The van der Waals surface area contributed by atoms with Crippen LogP contribution in [0.25, 0.3) is 0 Å². The smallest absolute Gasteiger partial charge is 0.427 e. The van der Waals surface area contributed by atoms with Crippen LogP contribution >= 0.6 is 0 Å². The average Bonchev–Trinajstić information content (AvgIpc) is 3.05. The molecule has 0 saturated heterocycles. The Balaban J connectivity index is 2.25. The average molecular weight is 293 g/mol. The van der Waals surface area contributed by atoms with E-state index in [1.165, 1.54) is 13.8 Å². The van der Waals surface area contributed by atoms with Gasteiger partial charge in [-0.3, -0.25) is 5.73 Å². The summed E-state index contributed by atoms with van der Waals surface area (Å²) in [6.07, 6.45) is -3.36. The number of alkyl halides is 3. The molecule has 6 nitrogen and oxygen atoms in total. The first-order valence-electron chi connectivity index (χ1n) is 6.07. The molecule has 0 aromatic carbocycles. The zero-order valence-electron chi connectivity index (χ0n) is 10.9. The predicted molar refractivity (Wildman–Crippen MR) is 59.1 cm³/mol. The van der Waals surface area contributed by atoms with E-state index in [2.05, 4.69) is 14.9 Å². The molecule has 1 aliphatic carbocycles. The van der Waals surface area contributed by atoms with Crippen LogP contribution in [0.1, 0.15) is 44.3 Å². The Labute approximate surface area is 112 Å². The summed E-state index contributed by atoms with van der Waals surface area (Å²) >= 11 is 0. The van der Waals surface area contributed by atoms with Gasteiger partial charge < -0.3 is 9.26 Å². The minimum atomic E-state index is -5.14. The Morgan fingerprint density at radius 2 is 2.05 bits per heavy atom. The van der Waals surface area contributed by atoms with E-state index in [-0.39, 0.29) is 11.8 Å². The molecular formula is C11H14F3N3O3. The lowest BCUT2D eigenvalue weighted by Gasteiger charge is -2.29. The van der Waals surface area contributed by atoms with Crippen molar-refractivity contribution in [3.05, 3.63) is 11.7 Å². The zero-order chi connectivity index (χ0) is 15.1. The summed E-state index contributed by atoms with van der Waals surface area (Å²) in [7, 11) is 0. The number of esters is 1. The lowest BCUT2D eigenvalue weighted by atomic mass is 10.0. The first-order chi connectivity index (χ1) is 9.14. The molecule has 1 fully saturated rings. The first kappa shape index (κ1) is 14.8. The first-order valence-corrected chi connectivity index (χ1v) is 6.07. The number of hydrogen-bond acceptors (Lipinski definition) is 6. The third-order valence-electron chi connectivity index (χ3n) is 3.07. The number of nitrogens with two attached hydrogens (primary N) is 1. The third kappa shape index (κ3) is 2.77. The highest BCUT2D eigenvalue weighted by Gasteiger charge is 2.50. The molecule has 0 radical (unpaired) electrons. The molecule has 2 rings (SSSR count). The minimum absolute atomic E-state index is 0.141. The molecule has 0 aliphatic heterocycles. The van der Waals surface area contributed by atoms with Crippen LogP contribution in [0.5, 0.6) is 0 Å². The van der Waals surface area contributed by atoms with Crippen molar-refractivity contribution >= 4 is 5.97 Å². The van der Waals surface area contributed by atoms with Crippen molar-refractivity contribution in [2.45, 2.75) is 44.5 Å². The SMILES string of the molecule is CC(C)[C@](N)(OC(=O)C(F)(F)F)c1nc(C2CC2)no1. The third-order valence-corrected chi connectivity index (χ3v) is 3.07. The Kier molecular flexibility index (Phi) is 3.49. The molecular weight excluding hydrogens is 279 g/mol. The Morgan fingerprint density at radius 1 is 1.45 bits per heavy atom. The van der Waals surface area contributed by atoms with E-state index in [0.29, 0.717) is 5.82 Å². The van der Waals surface area contributed by atoms with Crippen LogP contribution in [-0.2, 0) is 15.3 Å². The summed E-state index contributed by atoms with van der Waals surface area (Å²) in [5.74, 6) is -2.88. The summed E-state index contributed by atoms with van der Waals surface area (Å²) in [4.78, 5) is 14.9. The van der Waals surface area contributed by atoms with Gasteiger partial charge in [-0.05, 0) is 12.8 Å². The van der Waals surface area contributed by atoms with Gasteiger partial charge >= 0.3 is 12.1 Å². The number of carbonyl (C=O) groups is 1. The van der Waals surface area contributed by atoms with Gasteiger partial charge in [-0.2, -0.15) is 18.2 Å². The standard InChI is InChI=1S/C11H14F3N3O3/c1-5(2)10(15,19-9(18)11(12,13)14)8-16-7(17-20-8)6-3-4-6/h5-6H,3-4,15H2,1-2H3/t10-/m0/s1. The molecule has 0 bridgehead atoms. The van der Waals surface area contributed by atoms with Crippen LogP contribution in [0.2, 0.25) is 0 Å². The summed E-state index contributed by atoms with van der Waals surface area (Å²) in [6, 6.07) is 0. The fourth-order valence-corrected chi connectivity index (χ4v) is 1.52. The number of halogens is 3. The number of rotatable bonds is 4. The molecule has 1 aromatic heterocycles. The number of carbonyl (C=O) groups excluding carboxylic acids is 1. The molecule has 0 spiro atoms. The highest BCUT2D eigenvalue weighted by Crippen LogP contribution is 2.39. The summed E-state index contributed by atoms with van der Waals surface area (Å²) < 4.78 is 46.2. The second kappa shape index (κ2) is 4.72. The van der Waals surface area contributed by atoms with Crippen LogP contribution in [0.4, 0.5) is 13.2 Å². The van der Waals surface area contributed by atoms with Crippen LogP contribution in [0.15, 0.2) is 4.52 Å². The molecule has 1 heterocycles. The van der Waals surface area contributed by atoms with Gasteiger partial charge in [-0.1, -0.05) is 19.0 Å². The van der Waals surface area contributed by atoms with Crippen molar-refractivity contribution < 1.29 is 27.2 Å². The van der Waals surface area contributed by atoms with E-state index >= 15 is 0 Å². The molecule has 1 saturated carbocycles. The fraction of sp³-hybridized carbons (Fsp3) is 0.727. The topological polar surface area (TPSA) is 91.2 Å². The van der Waals surface area contributed by atoms with E-state index in [4.69, 9.17) is 10.3 Å². The van der Waals surface area contributed by atoms with Crippen LogP contribution < -0.4 is 5.73 Å². The number of nitrogens with zero attached hydrogens (tertiary/aromatic N) is 2. The van der Waals surface area contributed by atoms with Crippen molar-refractivity contribution in [3.63, 3.8) is 0 Å². The van der Waals surface area contributed by atoms with Gasteiger partial charge in [0.15, 0.2) is 5.82 Å². The largest absolute Gasteiger partial charge is 0.491 e. The summed E-state index contributed by atoms with van der Waals surface area (Å²) in [5.41, 5.74) is 3.65. The molecule has 9 heteroatoms. The zero-order valence-corrected chi connectivity index (χ0v) is 10.9. The lowest BCUT2D eigenvalue weighted by Crippen LogP contribution is -2.49. The molecule has 0 unspecified atom stereocenters. The highest BCUT2D eigenvalue weighted by molar-refractivity contribution is 5.76. The second-order valence-electron chi connectivity index (χ2n) is 5.07. The Morgan fingerprint density at radius 3 is 2.50 bits per heavy atom. The normalized spacial score (nSPS) is 18.9. The van der Waals surface area contributed by atoms with Gasteiger partial charge in [0, 0.05) is 11.8 Å². The number of hydrogen-bond donors (Lipinski definition) is 1. The molecule has 1 atom stereocenters. The van der Waals surface area contributed by atoms with Crippen molar-refractivity contribution in [3.8, 4) is 0 Å². The molecule has 112 valence electrons. The van der Waals surface area contributed by atoms with E-state index < -0.39 is 23.8 Å². The highest BCUT2D eigenvalue weighted by atomic mass is 19.4. The number of ether oxygens (including phenoxy) is 1. The lowest BCUT2D eigenvalue weighted by molar-refractivity contribution is -0.222. The summed E-state index contributed by atoms with van der Waals surface area (Å²) in [5, 5.41) is 3.66. The van der Waals surface area contributed by atoms with Gasteiger partial charge in [-0.25, -0.2) is 4.79 Å². The quantitative estimate of drug-likeness (QED) is 0.672. The fourth-order valence-electron chi connectivity index (χ4n) is 1.52. The molecule has 1 aromatic rings. The van der Waals surface area contributed by atoms with Crippen LogP contribution in [0.3, 0.4) is 0 Å². The molecule has 1 aliphatic rings. The van der Waals surface area contributed by atoms with Gasteiger partial charge in [0.2, 0.25) is 5.72 Å². The van der Waals surface area contributed by atoms with Crippen molar-refractivity contribution in [2.75, 3.05) is 0 Å². The van der Waals surface area contributed by atoms with Gasteiger partial charge in [0.1, 0.15) is 0 Å².